The Bertz CT molecular complexity index is 88.6. The second kappa shape index (κ2) is 1.47. The van der Waals surface area contributed by atoms with E-state index in [4.69, 9.17) is 4.74 Å². The maximum Gasteiger partial charge on any atom is 0.0635 e. The number of fused-ring (bicyclic) bond motifs is 1. The molecular formula is C7H12O. The van der Waals surface area contributed by atoms with Gasteiger partial charge >= 0.3 is 0 Å². The van der Waals surface area contributed by atoms with Gasteiger partial charge in [0.25, 0.3) is 0 Å². The van der Waals surface area contributed by atoms with E-state index in [2.05, 4.69) is 6.92 Å². The van der Waals surface area contributed by atoms with Crippen LogP contribution in [0.4, 0.5) is 0 Å². The van der Waals surface area contributed by atoms with Crippen molar-refractivity contribution in [2.24, 2.45) is 11.8 Å². The molecule has 2 fully saturated rings. The first-order chi connectivity index (χ1) is 3.89. The summed E-state index contributed by atoms with van der Waals surface area (Å²) in [6.07, 6.45) is 3.39. The maximum atomic E-state index is 5.46. The Labute approximate surface area is 50.0 Å². The van der Waals surface area contributed by atoms with Gasteiger partial charge in [-0.05, 0) is 24.7 Å². The molecule has 0 bridgehead atoms. The molecule has 0 aromatic carbocycles. The third-order valence-corrected chi connectivity index (χ3v) is 2.47. The third kappa shape index (κ3) is 0.510. The molecule has 1 heterocycles. The lowest BCUT2D eigenvalue weighted by molar-refractivity contribution is 0.0761. The minimum atomic E-state index is 0.670. The van der Waals surface area contributed by atoms with Crippen LogP contribution in [0, 0.1) is 11.8 Å². The summed E-state index contributed by atoms with van der Waals surface area (Å²) in [5, 5.41) is 0. The van der Waals surface area contributed by atoms with Crippen molar-refractivity contribution in [3.05, 3.63) is 0 Å². The van der Waals surface area contributed by atoms with E-state index in [-0.39, 0.29) is 0 Å². The zero-order valence-corrected chi connectivity index (χ0v) is 5.26. The predicted octanol–water partition coefficient (Wildman–Crippen LogP) is 1.43. The fourth-order valence-corrected chi connectivity index (χ4v) is 1.75. The van der Waals surface area contributed by atoms with E-state index in [0.29, 0.717) is 6.10 Å². The summed E-state index contributed by atoms with van der Waals surface area (Å²) in [6.45, 7) is 3.31. The van der Waals surface area contributed by atoms with Crippen molar-refractivity contribution in [1.29, 1.82) is 0 Å². The Morgan fingerprint density at radius 2 is 2.38 bits per heavy atom. The Balaban J connectivity index is 1.97. The summed E-state index contributed by atoms with van der Waals surface area (Å²) in [7, 11) is 0. The van der Waals surface area contributed by atoms with Crippen molar-refractivity contribution in [3.63, 3.8) is 0 Å². The largest absolute Gasteiger partial charge is 0.378 e. The minimum absolute atomic E-state index is 0.670. The monoisotopic (exact) mass is 112 g/mol. The van der Waals surface area contributed by atoms with Crippen molar-refractivity contribution < 1.29 is 4.74 Å². The van der Waals surface area contributed by atoms with E-state index >= 15 is 0 Å². The molecule has 0 aromatic heterocycles. The van der Waals surface area contributed by atoms with Crippen LogP contribution >= 0.6 is 0 Å². The fraction of sp³-hybridized carbons (Fsp3) is 1.00. The fourth-order valence-electron chi connectivity index (χ4n) is 1.75. The zero-order chi connectivity index (χ0) is 5.56. The first kappa shape index (κ1) is 4.80. The average Bonchev–Trinajstić information content (AvgIpc) is 2.46. The predicted molar refractivity (Wildman–Crippen MR) is 31.6 cm³/mol. The molecule has 1 saturated carbocycles. The van der Waals surface area contributed by atoms with E-state index in [1.165, 1.54) is 12.8 Å². The summed E-state index contributed by atoms with van der Waals surface area (Å²) in [4.78, 5) is 0. The molecule has 0 amide bonds. The van der Waals surface area contributed by atoms with E-state index in [9.17, 15) is 0 Å². The molecule has 1 unspecified atom stereocenters. The van der Waals surface area contributed by atoms with Gasteiger partial charge < -0.3 is 4.74 Å². The van der Waals surface area contributed by atoms with Crippen molar-refractivity contribution >= 4 is 0 Å². The zero-order valence-electron chi connectivity index (χ0n) is 5.26. The van der Waals surface area contributed by atoms with Crippen LogP contribution in [0.1, 0.15) is 19.8 Å². The van der Waals surface area contributed by atoms with Gasteiger partial charge in [0.15, 0.2) is 0 Å². The van der Waals surface area contributed by atoms with Crippen LogP contribution < -0.4 is 0 Å². The first-order valence-electron chi connectivity index (χ1n) is 3.51. The van der Waals surface area contributed by atoms with E-state index in [1.54, 1.807) is 0 Å². The molecule has 1 nitrogen and oxygen atoms in total. The molecule has 1 aliphatic carbocycles. The van der Waals surface area contributed by atoms with Crippen molar-refractivity contribution in [2.75, 3.05) is 6.61 Å². The van der Waals surface area contributed by atoms with Gasteiger partial charge in [0.05, 0.1) is 6.10 Å². The molecule has 0 aromatic rings. The van der Waals surface area contributed by atoms with E-state index in [0.717, 1.165) is 18.4 Å². The molecule has 0 radical (unpaired) electrons. The SMILES string of the molecule is CC1[C@H]2CCCO[C@@H]12. The van der Waals surface area contributed by atoms with Crippen LogP contribution in [0.25, 0.3) is 0 Å². The Morgan fingerprint density at radius 3 is 2.88 bits per heavy atom. The molecule has 3 atom stereocenters. The lowest BCUT2D eigenvalue weighted by Crippen LogP contribution is -2.05. The highest BCUT2D eigenvalue weighted by atomic mass is 16.5. The molecule has 2 aliphatic rings. The lowest BCUT2D eigenvalue weighted by Gasteiger charge is -2.07. The molecule has 46 valence electrons. The van der Waals surface area contributed by atoms with Crippen LogP contribution in [-0.2, 0) is 4.74 Å². The highest BCUT2D eigenvalue weighted by Crippen LogP contribution is 2.47. The first-order valence-corrected chi connectivity index (χ1v) is 3.51. The minimum Gasteiger partial charge on any atom is -0.378 e. The molecule has 0 N–H and O–H groups in total. The van der Waals surface area contributed by atoms with Crippen LogP contribution in [0.2, 0.25) is 0 Å². The van der Waals surface area contributed by atoms with Crippen LogP contribution in [0.15, 0.2) is 0 Å². The van der Waals surface area contributed by atoms with Gasteiger partial charge in [-0.1, -0.05) is 6.92 Å². The van der Waals surface area contributed by atoms with Crippen molar-refractivity contribution in [2.45, 2.75) is 25.9 Å². The molecule has 1 heteroatoms. The molecule has 1 aliphatic heterocycles. The number of ether oxygens (including phenoxy) is 1. The summed E-state index contributed by atoms with van der Waals surface area (Å²) in [5.41, 5.74) is 0. The smallest absolute Gasteiger partial charge is 0.0635 e. The Morgan fingerprint density at radius 1 is 1.50 bits per heavy atom. The number of hydrogen-bond donors (Lipinski definition) is 0. The molecule has 0 spiro atoms. The Hall–Kier alpha value is -0.0400. The third-order valence-electron chi connectivity index (χ3n) is 2.47. The number of rotatable bonds is 0. The topological polar surface area (TPSA) is 9.23 Å². The standard InChI is InChI=1S/C7H12O/c1-5-6-3-2-4-8-7(5)6/h5-7H,2-4H2,1H3/t5?,6-,7+/m1/s1. The van der Waals surface area contributed by atoms with Gasteiger partial charge in [-0.2, -0.15) is 0 Å². The van der Waals surface area contributed by atoms with Crippen LogP contribution in [0.5, 0.6) is 0 Å². The van der Waals surface area contributed by atoms with Crippen molar-refractivity contribution in [3.8, 4) is 0 Å². The quantitative estimate of drug-likeness (QED) is 0.460. The van der Waals surface area contributed by atoms with Gasteiger partial charge in [-0.15, -0.1) is 0 Å². The highest BCUT2D eigenvalue weighted by Gasteiger charge is 2.48. The average molecular weight is 112 g/mol. The molecule has 8 heavy (non-hydrogen) atoms. The summed E-state index contributed by atoms with van der Waals surface area (Å²) in [5.74, 6) is 1.83. The van der Waals surface area contributed by atoms with E-state index in [1.807, 2.05) is 0 Å². The van der Waals surface area contributed by atoms with Gasteiger partial charge in [0.1, 0.15) is 0 Å². The highest BCUT2D eigenvalue weighted by molar-refractivity contribution is 4.97. The molecule has 2 rings (SSSR count). The normalized spacial score (nSPS) is 52.9. The van der Waals surface area contributed by atoms with Crippen LogP contribution in [-0.4, -0.2) is 12.7 Å². The second-order valence-corrected chi connectivity index (χ2v) is 3.00. The van der Waals surface area contributed by atoms with Gasteiger partial charge in [-0.3, -0.25) is 0 Å². The maximum absolute atomic E-state index is 5.46. The van der Waals surface area contributed by atoms with Crippen molar-refractivity contribution in [1.82, 2.24) is 0 Å². The number of hydrogen-bond acceptors (Lipinski definition) is 1. The molecular weight excluding hydrogens is 100 g/mol. The Kier molecular flexibility index (Phi) is 0.884. The van der Waals surface area contributed by atoms with Gasteiger partial charge in [0, 0.05) is 6.61 Å². The summed E-state index contributed by atoms with van der Waals surface area (Å²) in [6, 6.07) is 0. The second-order valence-electron chi connectivity index (χ2n) is 3.00. The van der Waals surface area contributed by atoms with Crippen LogP contribution in [0.3, 0.4) is 0 Å². The van der Waals surface area contributed by atoms with Gasteiger partial charge in [0.2, 0.25) is 0 Å². The molecule has 1 saturated heterocycles. The summed E-state index contributed by atoms with van der Waals surface area (Å²) < 4.78 is 5.46. The lowest BCUT2D eigenvalue weighted by atomic mass is 10.2. The van der Waals surface area contributed by atoms with Gasteiger partial charge in [-0.25, -0.2) is 0 Å². The van der Waals surface area contributed by atoms with E-state index < -0.39 is 0 Å². The summed E-state index contributed by atoms with van der Waals surface area (Å²) >= 11 is 0.